The topological polar surface area (TPSA) is 90.9 Å². The van der Waals surface area contributed by atoms with Gasteiger partial charge in [0.2, 0.25) is 0 Å². The smallest absolute Gasteiger partial charge is 0.344 e. The maximum Gasteiger partial charge on any atom is 0.344 e. The van der Waals surface area contributed by atoms with Gasteiger partial charge >= 0.3 is 11.9 Å². The molecule has 1 atom stereocenters. The number of rotatable bonds is 9. The molecule has 144 valence electrons. The third kappa shape index (κ3) is 8.11. The molecular weight excluding hydrogens is 338 g/mol. The third-order valence-corrected chi connectivity index (χ3v) is 3.17. The minimum Gasteiger partial charge on any atom is -0.482 e. The molecule has 0 aliphatic rings. The van der Waals surface area contributed by atoms with Crippen LogP contribution in [0.15, 0.2) is 24.3 Å². The van der Waals surface area contributed by atoms with E-state index in [1.807, 2.05) is 0 Å². The van der Waals surface area contributed by atoms with Crippen LogP contribution in [-0.2, 0) is 19.1 Å². The summed E-state index contributed by atoms with van der Waals surface area (Å²) in [5, 5.41) is 2.86. The van der Waals surface area contributed by atoms with E-state index in [9.17, 15) is 14.4 Å². The highest BCUT2D eigenvalue weighted by Gasteiger charge is 2.19. The Bertz CT molecular complexity index is 618. The molecule has 0 fully saturated rings. The van der Waals surface area contributed by atoms with Gasteiger partial charge in [-0.2, -0.15) is 0 Å². The molecule has 0 spiro atoms. The van der Waals surface area contributed by atoms with Gasteiger partial charge in [0.05, 0.1) is 19.2 Å². The van der Waals surface area contributed by atoms with E-state index in [-0.39, 0.29) is 18.9 Å². The fourth-order valence-corrected chi connectivity index (χ4v) is 2.02. The summed E-state index contributed by atoms with van der Waals surface area (Å²) in [5.74, 6) is -0.568. The quantitative estimate of drug-likeness (QED) is 0.529. The maximum absolute atomic E-state index is 12.4. The zero-order chi connectivity index (χ0) is 19.7. The maximum atomic E-state index is 12.4. The molecule has 1 aromatic rings. The second kappa shape index (κ2) is 9.91. The number of nitrogens with one attached hydrogen (secondary N) is 1. The second-order valence-electron chi connectivity index (χ2n) is 6.67. The first-order valence-corrected chi connectivity index (χ1v) is 8.50. The molecule has 7 heteroatoms. The Morgan fingerprint density at radius 3 is 2.23 bits per heavy atom. The highest BCUT2D eigenvalue weighted by Crippen LogP contribution is 2.14. The Kier molecular flexibility index (Phi) is 8.25. The van der Waals surface area contributed by atoms with Gasteiger partial charge in [-0.1, -0.05) is 0 Å². The van der Waals surface area contributed by atoms with Gasteiger partial charge in [0, 0.05) is 5.56 Å². The van der Waals surface area contributed by atoms with Crippen molar-refractivity contribution in [1.29, 1.82) is 0 Å². The molecule has 0 amide bonds. The summed E-state index contributed by atoms with van der Waals surface area (Å²) in [7, 11) is 0. The molecule has 1 N–H and O–H groups in total. The standard InChI is InChI=1S/C19H27NO6/c1-6-24-17(22)12-25-15-9-7-14(8-10-15)18(23)13(2)20-11-16(21)26-19(3,4)5/h7-10,13,20H,6,11-12H2,1-5H3/t13-/m0/s1. The molecule has 1 rings (SSSR count). The third-order valence-electron chi connectivity index (χ3n) is 3.17. The minimum atomic E-state index is -0.564. The van der Waals surface area contributed by atoms with Crippen LogP contribution >= 0.6 is 0 Å². The van der Waals surface area contributed by atoms with Gasteiger partial charge in [-0.3, -0.25) is 14.9 Å². The van der Waals surface area contributed by atoms with E-state index in [1.165, 1.54) is 0 Å². The first-order valence-electron chi connectivity index (χ1n) is 8.50. The molecule has 0 heterocycles. The molecule has 26 heavy (non-hydrogen) atoms. The Hall–Kier alpha value is -2.41. The van der Waals surface area contributed by atoms with Crippen LogP contribution in [0.2, 0.25) is 0 Å². The Labute approximate surface area is 154 Å². The average molecular weight is 365 g/mol. The van der Waals surface area contributed by atoms with Crippen LogP contribution in [0.5, 0.6) is 5.75 Å². The number of hydrogen-bond donors (Lipinski definition) is 1. The molecule has 0 unspecified atom stereocenters. The van der Waals surface area contributed by atoms with Crippen molar-refractivity contribution < 1.29 is 28.6 Å². The lowest BCUT2D eigenvalue weighted by atomic mass is 10.1. The predicted molar refractivity (Wildman–Crippen MR) is 96.2 cm³/mol. The summed E-state index contributed by atoms with van der Waals surface area (Å²) in [6.07, 6.45) is 0. The first-order chi connectivity index (χ1) is 12.1. The Balaban J connectivity index is 2.51. The van der Waals surface area contributed by atoms with Gasteiger partial charge in [-0.05, 0) is 58.9 Å². The molecule has 0 saturated heterocycles. The lowest BCUT2D eigenvalue weighted by molar-refractivity contribution is -0.153. The van der Waals surface area contributed by atoms with Crippen LogP contribution in [0.25, 0.3) is 0 Å². The van der Waals surface area contributed by atoms with Crippen molar-refractivity contribution in [1.82, 2.24) is 5.32 Å². The number of benzene rings is 1. The van der Waals surface area contributed by atoms with E-state index < -0.39 is 23.6 Å². The number of ether oxygens (including phenoxy) is 3. The summed E-state index contributed by atoms with van der Waals surface area (Å²) in [6, 6.07) is 5.87. The number of carbonyl (C=O) groups is 3. The van der Waals surface area contributed by atoms with E-state index in [2.05, 4.69) is 5.32 Å². The van der Waals surface area contributed by atoms with Crippen LogP contribution in [0.4, 0.5) is 0 Å². The van der Waals surface area contributed by atoms with Crippen LogP contribution in [-0.4, -0.2) is 49.1 Å². The molecule has 0 bridgehead atoms. The number of esters is 2. The monoisotopic (exact) mass is 365 g/mol. The molecule has 0 aliphatic carbocycles. The molecule has 0 aromatic heterocycles. The Morgan fingerprint density at radius 2 is 1.69 bits per heavy atom. The molecule has 7 nitrogen and oxygen atoms in total. The molecule has 1 aromatic carbocycles. The van der Waals surface area contributed by atoms with Crippen molar-refractivity contribution in [2.75, 3.05) is 19.8 Å². The molecule has 0 saturated carbocycles. The highest BCUT2D eigenvalue weighted by atomic mass is 16.6. The van der Waals surface area contributed by atoms with Gasteiger partial charge < -0.3 is 14.2 Å². The van der Waals surface area contributed by atoms with Crippen LogP contribution < -0.4 is 10.1 Å². The van der Waals surface area contributed by atoms with Crippen LogP contribution in [0, 0.1) is 0 Å². The molecular formula is C19H27NO6. The zero-order valence-corrected chi connectivity index (χ0v) is 16.0. The molecule has 0 aliphatic heterocycles. The highest BCUT2D eigenvalue weighted by molar-refractivity contribution is 6.00. The van der Waals surface area contributed by atoms with Crippen molar-refractivity contribution in [3.05, 3.63) is 29.8 Å². The molecule has 0 radical (unpaired) electrons. The van der Waals surface area contributed by atoms with Gasteiger partial charge in [-0.15, -0.1) is 0 Å². The number of carbonyl (C=O) groups excluding carboxylic acids is 3. The summed E-state index contributed by atoms with van der Waals surface area (Å²) >= 11 is 0. The van der Waals surface area contributed by atoms with E-state index in [1.54, 1.807) is 58.9 Å². The summed E-state index contributed by atoms with van der Waals surface area (Å²) in [5.41, 5.74) is -0.0940. The van der Waals surface area contributed by atoms with Gasteiger partial charge in [-0.25, -0.2) is 4.79 Å². The lowest BCUT2D eigenvalue weighted by Crippen LogP contribution is -2.39. The van der Waals surface area contributed by atoms with Gasteiger partial charge in [0.1, 0.15) is 11.4 Å². The first kappa shape index (κ1) is 21.6. The predicted octanol–water partition coefficient (Wildman–Crippen LogP) is 2.13. The van der Waals surface area contributed by atoms with Crippen molar-refractivity contribution in [2.45, 2.75) is 46.3 Å². The fraction of sp³-hybridized carbons (Fsp3) is 0.526. The average Bonchev–Trinajstić information content (AvgIpc) is 2.56. The van der Waals surface area contributed by atoms with E-state index >= 15 is 0 Å². The zero-order valence-electron chi connectivity index (χ0n) is 16.0. The Morgan fingerprint density at radius 1 is 1.08 bits per heavy atom. The number of ketones is 1. The second-order valence-corrected chi connectivity index (χ2v) is 6.67. The van der Waals surface area contributed by atoms with E-state index in [0.29, 0.717) is 17.9 Å². The summed E-state index contributed by atoms with van der Waals surface area (Å²) in [4.78, 5) is 35.3. The summed E-state index contributed by atoms with van der Waals surface area (Å²) < 4.78 is 15.2. The van der Waals surface area contributed by atoms with Crippen LogP contribution in [0.1, 0.15) is 45.0 Å². The van der Waals surface area contributed by atoms with Crippen molar-refractivity contribution in [3.63, 3.8) is 0 Å². The van der Waals surface area contributed by atoms with Crippen LogP contribution in [0.3, 0.4) is 0 Å². The number of Topliss-reactive ketones (excluding diaryl/α,β-unsaturated/α-hetero) is 1. The normalized spacial score (nSPS) is 12.2. The minimum absolute atomic E-state index is 0.0507. The van der Waals surface area contributed by atoms with E-state index in [4.69, 9.17) is 14.2 Å². The van der Waals surface area contributed by atoms with Gasteiger partial charge in [0.15, 0.2) is 12.4 Å². The number of hydrogen-bond acceptors (Lipinski definition) is 7. The summed E-state index contributed by atoms with van der Waals surface area (Å²) in [6.45, 7) is 8.80. The van der Waals surface area contributed by atoms with Crippen molar-refractivity contribution >= 4 is 17.7 Å². The van der Waals surface area contributed by atoms with Gasteiger partial charge in [0.25, 0.3) is 0 Å². The van der Waals surface area contributed by atoms with Crippen molar-refractivity contribution in [3.8, 4) is 5.75 Å². The largest absolute Gasteiger partial charge is 0.482 e. The lowest BCUT2D eigenvalue weighted by Gasteiger charge is -2.20. The fourth-order valence-electron chi connectivity index (χ4n) is 2.02. The van der Waals surface area contributed by atoms with Crippen molar-refractivity contribution in [2.24, 2.45) is 0 Å². The van der Waals surface area contributed by atoms with E-state index in [0.717, 1.165) is 0 Å². The SMILES string of the molecule is CCOC(=O)COc1ccc(C(=O)[C@H](C)NCC(=O)OC(C)(C)C)cc1.